The molecule has 10 heteroatoms. The third-order valence-corrected chi connectivity index (χ3v) is 6.91. The molecule has 162 valence electrons. The van der Waals surface area contributed by atoms with Gasteiger partial charge < -0.3 is 10.2 Å². The Kier molecular flexibility index (Phi) is 5.44. The van der Waals surface area contributed by atoms with E-state index < -0.39 is 6.04 Å². The Morgan fingerprint density at radius 3 is 2.91 bits per heavy atom. The molecule has 8 nitrogen and oxygen atoms in total. The number of fused-ring (bicyclic) bond motifs is 2. The maximum atomic E-state index is 13.1. The van der Waals surface area contributed by atoms with Gasteiger partial charge in [-0.05, 0) is 17.7 Å². The van der Waals surface area contributed by atoms with Gasteiger partial charge in [-0.1, -0.05) is 41.9 Å². The lowest BCUT2D eigenvalue weighted by Crippen LogP contribution is -2.50. The number of likely N-dealkylation sites (N-methyl/N-ethyl adjacent to an activating group) is 1. The van der Waals surface area contributed by atoms with E-state index in [9.17, 15) is 9.59 Å². The van der Waals surface area contributed by atoms with E-state index in [-0.39, 0.29) is 11.8 Å². The molecule has 0 radical (unpaired) electrons. The Balaban J connectivity index is 1.26. The average Bonchev–Trinajstić information content (AvgIpc) is 3.39. The van der Waals surface area contributed by atoms with Crippen molar-refractivity contribution in [1.29, 1.82) is 0 Å². The molecular weight excluding hydrogens is 448 g/mol. The lowest BCUT2D eigenvalue weighted by molar-refractivity contribution is -0.123. The van der Waals surface area contributed by atoms with Gasteiger partial charge in [0.2, 0.25) is 5.91 Å². The number of anilines is 1. The van der Waals surface area contributed by atoms with Crippen LogP contribution in [0.5, 0.6) is 0 Å². The molecule has 0 fully saturated rings. The maximum absolute atomic E-state index is 13.1. The van der Waals surface area contributed by atoms with Gasteiger partial charge in [0, 0.05) is 35.9 Å². The monoisotopic (exact) mass is 466 g/mol. The van der Waals surface area contributed by atoms with Gasteiger partial charge in [-0.2, -0.15) is 10.2 Å². The SMILES string of the molecule is CN1C(=O)[C@@H](NC(=O)C2=NN=C(Cc3ccccc3)C2)CSc2cc3n[nH]c(Cl)c3cc21. The number of carbonyl (C=O) groups excluding carboxylic acids is 2. The van der Waals surface area contributed by atoms with Crippen LogP contribution < -0.4 is 10.2 Å². The van der Waals surface area contributed by atoms with E-state index >= 15 is 0 Å². The Morgan fingerprint density at radius 1 is 1.28 bits per heavy atom. The Hall–Kier alpha value is -3.17. The van der Waals surface area contributed by atoms with Gasteiger partial charge in [0.05, 0.1) is 16.9 Å². The third kappa shape index (κ3) is 3.89. The zero-order chi connectivity index (χ0) is 22.2. The van der Waals surface area contributed by atoms with Gasteiger partial charge in [0.1, 0.15) is 16.9 Å². The van der Waals surface area contributed by atoms with Crippen LogP contribution in [0.25, 0.3) is 10.9 Å². The molecule has 2 N–H and O–H groups in total. The van der Waals surface area contributed by atoms with Crippen molar-refractivity contribution in [1.82, 2.24) is 15.5 Å². The molecule has 0 spiro atoms. The second-order valence-corrected chi connectivity index (χ2v) is 9.10. The summed E-state index contributed by atoms with van der Waals surface area (Å²) in [6, 6.07) is 13.0. The summed E-state index contributed by atoms with van der Waals surface area (Å²) in [6.07, 6.45) is 1.02. The Bertz CT molecular complexity index is 1290. The fourth-order valence-electron chi connectivity index (χ4n) is 3.77. The van der Waals surface area contributed by atoms with Crippen molar-refractivity contribution in [2.75, 3.05) is 17.7 Å². The van der Waals surface area contributed by atoms with Crippen molar-refractivity contribution >= 4 is 63.2 Å². The minimum absolute atomic E-state index is 0.201. The number of thioether (sulfide) groups is 1. The highest BCUT2D eigenvalue weighted by Crippen LogP contribution is 2.38. The first-order valence-electron chi connectivity index (χ1n) is 10.0. The van der Waals surface area contributed by atoms with Crippen molar-refractivity contribution < 1.29 is 9.59 Å². The minimum Gasteiger partial charge on any atom is -0.338 e. The summed E-state index contributed by atoms with van der Waals surface area (Å²) in [7, 11) is 1.69. The van der Waals surface area contributed by atoms with Crippen LogP contribution >= 0.6 is 23.4 Å². The zero-order valence-electron chi connectivity index (χ0n) is 17.1. The molecule has 2 aliphatic rings. The van der Waals surface area contributed by atoms with E-state index in [0.29, 0.717) is 29.5 Å². The van der Waals surface area contributed by atoms with Crippen LogP contribution in [0.15, 0.2) is 57.6 Å². The van der Waals surface area contributed by atoms with E-state index in [1.54, 1.807) is 11.9 Å². The quantitative estimate of drug-likeness (QED) is 0.616. The van der Waals surface area contributed by atoms with Gasteiger partial charge in [-0.25, -0.2) is 0 Å². The normalized spacial score (nSPS) is 18.2. The van der Waals surface area contributed by atoms with Crippen LogP contribution in [-0.2, 0) is 16.0 Å². The predicted molar refractivity (Wildman–Crippen MR) is 127 cm³/mol. The largest absolute Gasteiger partial charge is 0.338 e. The van der Waals surface area contributed by atoms with E-state index in [1.165, 1.54) is 11.8 Å². The molecule has 3 heterocycles. The maximum Gasteiger partial charge on any atom is 0.268 e. The number of aromatic nitrogens is 2. The lowest BCUT2D eigenvalue weighted by atomic mass is 10.0. The van der Waals surface area contributed by atoms with Crippen molar-refractivity contribution in [2.45, 2.75) is 23.8 Å². The molecule has 0 bridgehead atoms. The highest BCUT2D eigenvalue weighted by atomic mass is 35.5. The first-order chi connectivity index (χ1) is 15.5. The molecule has 0 unspecified atom stereocenters. The molecule has 1 atom stereocenters. The standard InChI is InChI=1S/C22H19ClN6O2S/c1-29-18-9-14-15(26-28-20(14)23)10-19(18)32-11-17(22(29)31)24-21(30)16-8-13(25-27-16)7-12-5-3-2-4-6-12/h2-6,9-10,17H,7-8,11H2,1H3,(H,24,30)(H,26,28)/t17-/m0/s1. The molecule has 1 aromatic heterocycles. The molecule has 2 aliphatic heterocycles. The van der Waals surface area contributed by atoms with Crippen molar-refractivity contribution in [3.05, 3.63) is 53.2 Å². The molecule has 32 heavy (non-hydrogen) atoms. The predicted octanol–water partition coefficient (Wildman–Crippen LogP) is 3.21. The fourth-order valence-corrected chi connectivity index (χ4v) is 5.07. The van der Waals surface area contributed by atoms with E-state index in [4.69, 9.17) is 11.6 Å². The summed E-state index contributed by atoms with van der Waals surface area (Å²) in [5.41, 5.74) is 3.73. The topological polar surface area (TPSA) is 103 Å². The summed E-state index contributed by atoms with van der Waals surface area (Å²) in [5, 5.41) is 19.2. The number of aromatic amines is 1. The van der Waals surface area contributed by atoms with Crippen molar-refractivity contribution in [3.8, 4) is 0 Å². The van der Waals surface area contributed by atoms with Crippen LogP contribution in [0.3, 0.4) is 0 Å². The Morgan fingerprint density at radius 2 is 2.09 bits per heavy atom. The number of hydrogen-bond donors (Lipinski definition) is 2. The summed E-state index contributed by atoms with van der Waals surface area (Å²) in [5.74, 6) is -0.169. The highest BCUT2D eigenvalue weighted by Gasteiger charge is 2.32. The van der Waals surface area contributed by atoms with Gasteiger partial charge >= 0.3 is 0 Å². The molecule has 2 aromatic carbocycles. The number of carbonyl (C=O) groups is 2. The highest BCUT2D eigenvalue weighted by molar-refractivity contribution is 7.99. The smallest absolute Gasteiger partial charge is 0.268 e. The molecule has 0 saturated heterocycles. The molecule has 5 rings (SSSR count). The zero-order valence-corrected chi connectivity index (χ0v) is 18.7. The van der Waals surface area contributed by atoms with E-state index in [0.717, 1.165) is 32.8 Å². The summed E-state index contributed by atoms with van der Waals surface area (Å²) < 4.78 is 0. The van der Waals surface area contributed by atoms with E-state index in [1.807, 2.05) is 42.5 Å². The second-order valence-electron chi connectivity index (χ2n) is 7.66. The number of amides is 2. The molecule has 2 amide bonds. The fraction of sp³-hybridized carbons (Fsp3) is 0.227. The number of nitrogens with zero attached hydrogens (tertiary/aromatic N) is 4. The van der Waals surface area contributed by atoms with E-state index in [2.05, 4.69) is 25.7 Å². The molecule has 0 saturated carbocycles. The Labute approximate surface area is 193 Å². The molecular formula is C22H19ClN6O2S. The first-order valence-corrected chi connectivity index (χ1v) is 11.4. The van der Waals surface area contributed by atoms with Crippen molar-refractivity contribution in [3.63, 3.8) is 0 Å². The number of nitrogens with one attached hydrogen (secondary N) is 2. The van der Waals surface area contributed by atoms with Crippen LogP contribution in [0.4, 0.5) is 5.69 Å². The number of benzene rings is 2. The minimum atomic E-state index is -0.685. The molecule has 3 aromatic rings. The number of hydrogen-bond acceptors (Lipinski definition) is 6. The van der Waals surface area contributed by atoms with Gasteiger partial charge in [0.15, 0.2) is 0 Å². The second kappa shape index (κ2) is 8.40. The summed E-state index contributed by atoms with van der Waals surface area (Å²) >= 11 is 7.66. The number of H-pyrrole nitrogens is 1. The van der Waals surface area contributed by atoms with Crippen LogP contribution in [0.1, 0.15) is 12.0 Å². The van der Waals surface area contributed by atoms with Crippen LogP contribution in [0.2, 0.25) is 5.15 Å². The number of halogens is 1. The van der Waals surface area contributed by atoms with Crippen molar-refractivity contribution in [2.24, 2.45) is 10.2 Å². The average molecular weight is 467 g/mol. The van der Waals surface area contributed by atoms with Gasteiger partial charge in [-0.3, -0.25) is 14.7 Å². The number of rotatable bonds is 4. The van der Waals surface area contributed by atoms with Gasteiger partial charge in [0.25, 0.3) is 5.91 Å². The summed E-state index contributed by atoms with van der Waals surface area (Å²) in [4.78, 5) is 28.4. The molecule has 0 aliphatic carbocycles. The van der Waals surface area contributed by atoms with Crippen LogP contribution in [-0.4, -0.2) is 52.3 Å². The summed E-state index contributed by atoms with van der Waals surface area (Å²) in [6.45, 7) is 0. The van der Waals surface area contributed by atoms with Crippen LogP contribution in [0, 0.1) is 0 Å². The lowest BCUT2D eigenvalue weighted by Gasteiger charge is -2.21. The van der Waals surface area contributed by atoms with Gasteiger partial charge in [-0.15, -0.1) is 16.9 Å². The first kappa shape index (κ1) is 20.7. The third-order valence-electron chi connectivity index (χ3n) is 5.49.